The van der Waals surface area contributed by atoms with E-state index in [-0.39, 0.29) is 0 Å². The monoisotopic (exact) mass is 260 g/mol. The van der Waals surface area contributed by atoms with Crippen LogP contribution in [0, 0.1) is 5.92 Å². The van der Waals surface area contributed by atoms with E-state index in [2.05, 4.69) is 0 Å². The summed E-state index contributed by atoms with van der Waals surface area (Å²) >= 11 is 11.9. The van der Waals surface area contributed by atoms with E-state index in [1.165, 1.54) is 0 Å². The fraction of sp³-hybridized carbons (Fsp3) is 0.500. The van der Waals surface area contributed by atoms with E-state index in [0.29, 0.717) is 23.4 Å². The first-order chi connectivity index (χ1) is 7.81. The van der Waals surface area contributed by atoms with Gasteiger partial charge in [-0.2, -0.15) is 0 Å². The minimum absolute atomic E-state index is 0.371. The third-order valence-corrected chi connectivity index (χ3v) is 3.33. The average Bonchev–Trinajstić information content (AvgIpc) is 2.79. The van der Waals surface area contributed by atoms with E-state index >= 15 is 0 Å². The van der Waals surface area contributed by atoms with Crippen molar-refractivity contribution in [1.82, 2.24) is 0 Å². The standard InChI is InChI=1S/C12H14Cl2O2/c13-6-10-11(14)2-1-3-12(10)16-8-9-4-5-15-7-9/h1-3,9H,4-8H2. The molecule has 1 heterocycles. The van der Waals surface area contributed by atoms with Gasteiger partial charge in [0, 0.05) is 23.1 Å². The molecule has 1 saturated heterocycles. The molecular formula is C12H14Cl2O2. The summed E-state index contributed by atoms with van der Waals surface area (Å²) in [4.78, 5) is 0. The first-order valence-electron chi connectivity index (χ1n) is 5.35. The maximum absolute atomic E-state index is 6.04. The predicted molar refractivity (Wildman–Crippen MR) is 65.4 cm³/mol. The molecule has 16 heavy (non-hydrogen) atoms. The quantitative estimate of drug-likeness (QED) is 0.772. The number of halogens is 2. The highest BCUT2D eigenvalue weighted by atomic mass is 35.5. The van der Waals surface area contributed by atoms with Crippen LogP contribution in [0.5, 0.6) is 5.75 Å². The summed E-state index contributed by atoms with van der Waals surface area (Å²) in [6.07, 6.45) is 1.07. The third-order valence-electron chi connectivity index (χ3n) is 2.71. The molecule has 1 aliphatic heterocycles. The van der Waals surface area contributed by atoms with Gasteiger partial charge in [-0.15, -0.1) is 11.6 Å². The van der Waals surface area contributed by atoms with E-state index in [1.807, 2.05) is 18.2 Å². The maximum atomic E-state index is 6.04. The Hall–Kier alpha value is -0.440. The van der Waals surface area contributed by atoms with Crippen LogP contribution in [0.1, 0.15) is 12.0 Å². The van der Waals surface area contributed by atoms with Crippen LogP contribution in [-0.2, 0) is 10.6 Å². The van der Waals surface area contributed by atoms with E-state index in [4.69, 9.17) is 32.7 Å². The minimum atomic E-state index is 0.371. The predicted octanol–water partition coefficient (Wildman–Crippen LogP) is 3.49. The van der Waals surface area contributed by atoms with Gasteiger partial charge in [0.05, 0.1) is 19.1 Å². The third kappa shape index (κ3) is 2.82. The van der Waals surface area contributed by atoms with Gasteiger partial charge in [-0.1, -0.05) is 17.7 Å². The van der Waals surface area contributed by atoms with Crippen molar-refractivity contribution >= 4 is 23.2 Å². The highest BCUT2D eigenvalue weighted by molar-refractivity contribution is 6.32. The van der Waals surface area contributed by atoms with Gasteiger partial charge in [-0.3, -0.25) is 0 Å². The molecule has 0 saturated carbocycles. The van der Waals surface area contributed by atoms with Gasteiger partial charge in [0.15, 0.2) is 0 Å². The summed E-state index contributed by atoms with van der Waals surface area (Å²) in [7, 11) is 0. The number of rotatable bonds is 4. The summed E-state index contributed by atoms with van der Waals surface area (Å²) < 4.78 is 11.0. The summed E-state index contributed by atoms with van der Waals surface area (Å²) in [6.45, 7) is 2.30. The molecule has 0 aromatic heterocycles. The Bertz CT molecular complexity index is 349. The zero-order chi connectivity index (χ0) is 11.4. The fourth-order valence-corrected chi connectivity index (χ4v) is 2.30. The van der Waals surface area contributed by atoms with Gasteiger partial charge in [-0.25, -0.2) is 0 Å². The molecule has 0 amide bonds. The normalized spacial score (nSPS) is 20.0. The summed E-state index contributed by atoms with van der Waals surface area (Å²) in [5, 5.41) is 0.662. The number of hydrogen-bond donors (Lipinski definition) is 0. The number of ether oxygens (including phenoxy) is 2. The lowest BCUT2D eigenvalue weighted by Crippen LogP contribution is -2.12. The Balaban J connectivity index is 2.00. The first-order valence-corrected chi connectivity index (χ1v) is 6.26. The molecule has 1 atom stereocenters. The second kappa shape index (κ2) is 5.76. The van der Waals surface area contributed by atoms with E-state index in [1.54, 1.807) is 0 Å². The fourth-order valence-electron chi connectivity index (χ4n) is 1.73. The van der Waals surface area contributed by atoms with E-state index in [0.717, 1.165) is 30.9 Å². The highest BCUT2D eigenvalue weighted by Crippen LogP contribution is 2.28. The SMILES string of the molecule is ClCc1c(Cl)cccc1OCC1CCOC1. The number of benzene rings is 1. The Morgan fingerprint density at radius 3 is 3.00 bits per heavy atom. The molecule has 0 bridgehead atoms. The van der Waals surface area contributed by atoms with Crippen LogP contribution in [0.25, 0.3) is 0 Å². The zero-order valence-electron chi connectivity index (χ0n) is 8.92. The number of alkyl halides is 1. The van der Waals surface area contributed by atoms with Gasteiger partial charge in [0.1, 0.15) is 5.75 Å². The lowest BCUT2D eigenvalue weighted by atomic mass is 10.1. The lowest BCUT2D eigenvalue weighted by Gasteiger charge is -2.13. The second-order valence-electron chi connectivity index (χ2n) is 3.89. The molecule has 0 spiro atoms. The minimum Gasteiger partial charge on any atom is -0.493 e. The van der Waals surface area contributed by atoms with Crippen LogP contribution in [0.2, 0.25) is 5.02 Å². The maximum Gasteiger partial charge on any atom is 0.125 e. The molecule has 1 aliphatic rings. The van der Waals surface area contributed by atoms with Gasteiger partial charge in [-0.05, 0) is 18.6 Å². The average molecular weight is 261 g/mol. The molecule has 88 valence electrons. The van der Waals surface area contributed by atoms with E-state index < -0.39 is 0 Å². The molecule has 2 rings (SSSR count). The first kappa shape index (κ1) is 12.0. The Labute approximate surface area is 105 Å². The largest absolute Gasteiger partial charge is 0.493 e. The van der Waals surface area contributed by atoms with Crippen molar-refractivity contribution in [2.45, 2.75) is 12.3 Å². The van der Waals surface area contributed by atoms with Crippen LogP contribution in [0.3, 0.4) is 0 Å². The summed E-state index contributed by atoms with van der Waals surface area (Å²) in [6, 6.07) is 5.60. The zero-order valence-corrected chi connectivity index (χ0v) is 10.4. The lowest BCUT2D eigenvalue weighted by molar-refractivity contribution is 0.167. The smallest absolute Gasteiger partial charge is 0.125 e. The van der Waals surface area contributed by atoms with Crippen LogP contribution in [0.4, 0.5) is 0 Å². The van der Waals surface area contributed by atoms with E-state index in [9.17, 15) is 0 Å². The molecule has 1 unspecified atom stereocenters. The Kier molecular flexibility index (Phi) is 4.33. The molecular weight excluding hydrogens is 247 g/mol. The molecule has 0 aliphatic carbocycles. The Morgan fingerprint density at radius 1 is 1.44 bits per heavy atom. The van der Waals surface area contributed by atoms with Gasteiger partial charge >= 0.3 is 0 Å². The van der Waals surface area contributed by atoms with Crippen molar-refractivity contribution in [1.29, 1.82) is 0 Å². The van der Waals surface area contributed by atoms with Gasteiger partial charge in [0.25, 0.3) is 0 Å². The molecule has 2 nitrogen and oxygen atoms in total. The molecule has 0 N–H and O–H groups in total. The van der Waals surface area contributed by atoms with Crippen molar-refractivity contribution in [2.75, 3.05) is 19.8 Å². The second-order valence-corrected chi connectivity index (χ2v) is 4.57. The summed E-state index contributed by atoms with van der Waals surface area (Å²) in [5.74, 6) is 1.65. The van der Waals surface area contributed by atoms with Crippen molar-refractivity contribution in [2.24, 2.45) is 5.92 Å². The molecule has 1 fully saturated rings. The molecule has 1 aromatic carbocycles. The van der Waals surface area contributed by atoms with Crippen molar-refractivity contribution in [3.05, 3.63) is 28.8 Å². The molecule has 4 heteroatoms. The van der Waals surface area contributed by atoms with Crippen LogP contribution >= 0.6 is 23.2 Å². The van der Waals surface area contributed by atoms with Crippen LogP contribution < -0.4 is 4.74 Å². The number of hydrogen-bond acceptors (Lipinski definition) is 2. The Morgan fingerprint density at radius 2 is 2.31 bits per heavy atom. The molecule has 0 radical (unpaired) electrons. The highest BCUT2D eigenvalue weighted by Gasteiger charge is 2.17. The van der Waals surface area contributed by atoms with Crippen molar-refractivity contribution in [3.8, 4) is 5.75 Å². The topological polar surface area (TPSA) is 18.5 Å². The van der Waals surface area contributed by atoms with Crippen molar-refractivity contribution < 1.29 is 9.47 Å². The van der Waals surface area contributed by atoms with Gasteiger partial charge < -0.3 is 9.47 Å². The van der Waals surface area contributed by atoms with Gasteiger partial charge in [0.2, 0.25) is 0 Å². The van der Waals surface area contributed by atoms with Crippen LogP contribution in [0.15, 0.2) is 18.2 Å². The molecule has 1 aromatic rings. The van der Waals surface area contributed by atoms with Crippen LogP contribution in [-0.4, -0.2) is 19.8 Å². The summed E-state index contributed by atoms with van der Waals surface area (Å²) in [5.41, 5.74) is 0.866. The van der Waals surface area contributed by atoms with Crippen molar-refractivity contribution in [3.63, 3.8) is 0 Å².